The molecule has 1 saturated heterocycles. The zero-order valence-corrected chi connectivity index (χ0v) is 10.8. The average Bonchev–Trinajstić information content (AvgIpc) is 3.12. The van der Waals surface area contributed by atoms with Crippen molar-refractivity contribution in [1.82, 2.24) is 5.32 Å². The van der Waals surface area contributed by atoms with E-state index in [4.69, 9.17) is 5.11 Å². The minimum atomic E-state index is 0.319. The number of benzene rings is 1. The minimum Gasteiger partial charge on any atom is -0.396 e. The highest BCUT2D eigenvalue weighted by molar-refractivity contribution is 5.48. The van der Waals surface area contributed by atoms with Gasteiger partial charge in [-0.2, -0.15) is 0 Å². The summed E-state index contributed by atoms with van der Waals surface area (Å²) in [5.41, 5.74) is 2.66. The molecule has 1 aliphatic carbocycles. The molecule has 2 fully saturated rings. The van der Waals surface area contributed by atoms with Gasteiger partial charge in [0, 0.05) is 43.9 Å². The molecular formula is C15H22N2O. The minimum absolute atomic E-state index is 0.319. The Kier molecular flexibility index (Phi) is 3.52. The van der Waals surface area contributed by atoms with Gasteiger partial charge in [0.25, 0.3) is 0 Å². The van der Waals surface area contributed by atoms with E-state index >= 15 is 0 Å². The Hall–Kier alpha value is -1.06. The maximum Gasteiger partial charge on any atom is 0.0476 e. The van der Waals surface area contributed by atoms with Crippen LogP contribution < -0.4 is 10.2 Å². The van der Waals surface area contributed by atoms with Gasteiger partial charge in [0.05, 0.1) is 0 Å². The Morgan fingerprint density at radius 1 is 1.17 bits per heavy atom. The fraction of sp³-hybridized carbons (Fsp3) is 0.600. The summed E-state index contributed by atoms with van der Waals surface area (Å²) >= 11 is 0. The molecule has 1 heterocycles. The van der Waals surface area contributed by atoms with Gasteiger partial charge in [0.15, 0.2) is 0 Å². The molecule has 18 heavy (non-hydrogen) atoms. The lowest BCUT2D eigenvalue weighted by Crippen LogP contribution is -2.20. The van der Waals surface area contributed by atoms with Crippen LogP contribution in [0.3, 0.4) is 0 Å². The van der Waals surface area contributed by atoms with E-state index in [1.807, 2.05) is 0 Å². The summed E-state index contributed by atoms with van der Waals surface area (Å²) < 4.78 is 0. The molecule has 1 aromatic rings. The van der Waals surface area contributed by atoms with E-state index < -0.39 is 0 Å². The zero-order chi connectivity index (χ0) is 12.4. The van der Waals surface area contributed by atoms with Gasteiger partial charge in [-0.15, -0.1) is 0 Å². The lowest BCUT2D eigenvalue weighted by atomic mass is 10.1. The third-order valence-electron chi connectivity index (χ3n) is 4.02. The first-order valence-corrected chi connectivity index (χ1v) is 7.03. The number of rotatable bonds is 5. The smallest absolute Gasteiger partial charge is 0.0476 e. The normalized spacial score (nSPS) is 23.6. The second-order valence-electron chi connectivity index (χ2n) is 5.60. The van der Waals surface area contributed by atoms with Crippen LogP contribution in [0.5, 0.6) is 0 Å². The van der Waals surface area contributed by atoms with Crippen molar-refractivity contribution in [2.45, 2.75) is 31.8 Å². The number of hydrogen-bond acceptors (Lipinski definition) is 3. The van der Waals surface area contributed by atoms with Crippen LogP contribution in [-0.4, -0.2) is 30.8 Å². The first-order valence-electron chi connectivity index (χ1n) is 7.03. The van der Waals surface area contributed by atoms with Crippen molar-refractivity contribution < 1.29 is 5.11 Å². The van der Waals surface area contributed by atoms with Gasteiger partial charge in [-0.3, -0.25) is 0 Å². The molecule has 1 aliphatic heterocycles. The molecule has 1 unspecified atom stereocenters. The lowest BCUT2D eigenvalue weighted by Gasteiger charge is -2.18. The maximum atomic E-state index is 9.17. The summed E-state index contributed by atoms with van der Waals surface area (Å²) in [5.74, 6) is 0.459. The topological polar surface area (TPSA) is 35.5 Å². The van der Waals surface area contributed by atoms with Gasteiger partial charge >= 0.3 is 0 Å². The molecule has 3 rings (SSSR count). The van der Waals surface area contributed by atoms with E-state index in [9.17, 15) is 0 Å². The number of hydrogen-bond donors (Lipinski definition) is 2. The molecule has 0 bridgehead atoms. The van der Waals surface area contributed by atoms with E-state index in [1.54, 1.807) is 0 Å². The third kappa shape index (κ3) is 2.85. The summed E-state index contributed by atoms with van der Waals surface area (Å²) in [4.78, 5) is 2.37. The molecule has 1 atom stereocenters. The molecule has 1 saturated carbocycles. The van der Waals surface area contributed by atoms with E-state index in [1.165, 1.54) is 24.1 Å². The number of aliphatic hydroxyl groups is 1. The van der Waals surface area contributed by atoms with Crippen LogP contribution in [0.1, 0.15) is 24.8 Å². The Morgan fingerprint density at radius 3 is 2.56 bits per heavy atom. The molecule has 0 aromatic heterocycles. The van der Waals surface area contributed by atoms with Crippen LogP contribution in [0.15, 0.2) is 24.3 Å². The Morgan fingerprint density at radius 2 is 1.94 bits per heavy atom. The van der Waals surface area contributed by atoms with Crippen molar-refractivity contribution in [2.24, 2.45) is 5.92 Å². The Labute approximate surface area is 109 Å². The largest absolute Gasteiger partial charge is 0.396 e. The predicted octanol–water partition coefficient (Wildman–Crippen LogP) is 1.76. The quantitative estimate of drug-likeness (QED) is 0.831. The fourth-order valence-electron chi connectivity index (χ4n) is 2.59. The first kappa shape index (κ1) is 12.0. The molecule has 2 N–H and O–H groups in total. The summed E-state index contributed by atoms with van der Waals surface area (Å²) in [6, 6.07) is 9.63. The predicted molar refractivity (Wildman–Crippen MR) is 73.7 cm³/mol. The van der Waals surface area contributed by atoms with Gasteiger partial charge in [-0.05, 0) is 37.0 Å². The number of nitrogens with one attached hydrogen (secondary N) is 1. The number of nitrogens with zero attached hydrogens (tertiary/aromatic N) is 1. The zero-order valence-electron chi connectivity index (χ0n) is 10.8. The van der Waals surface area contributed by atoms with Gasteiger partial charge in [-0.1, -0.05) is 12.1 Å². The van der Waals surface area contributed by atoms with Gasteiger partial charge in [0.2, 0.25) is 0 Å². The number of aliphatic hydroxyl groups excluding tert-OH is 1. The van der Waals surface area contributed by atoms with Crippen LogP contribution in [0.2, 0.25) is 0 Å². The van der Waals surface area contributed by atoms with E-state index in [0.29, 0.717) is 12.5 Å². The SMILES string of the molecule is OCC1CCN(c2ccc(CNC3CC3)cc2)C1. The molecule has 0 radical (unpaired) electrons. The first-order chi connectivity index (χ1) is 8.85. The van der Waals surface area contributed by atoms with Crippen LogP contribution in [0.25, 0.3) is 0 Å². The second-order valence-corrected chi connectivity index (χ2v) is 5.60. The van der Waals surface area contributed by atoms with Crippen LogP contribution in [0, 0.1) is 5.92 Å². The second kappa shape index (κ2) is 5.29. The molecule has 3 nitrogen and oxygen atoms in total. The lowest BCUT2D eigenvalue weighted by molar-refractivity contribution is 0.238. The van der Waals surface area contributed by atoms with Gasteiger partial charge in [-0.25, -0.2) is 0 Å². The average molecular weight is 246 g/mol. The van der Waals surface area contributed by atoms with Crippen molar-refractivity contribution >= 4 is 5.69 Å². The summed E-state index contributed by atoms with van der Waals surface area (Å²) in [6.45, 7) is 3.38. The fourth-order valence-corrected chi connectivity index (χ4v) is 2.59. The van der Waals surface area contributed by atoms with E-state index in [2.05, 4.69) is 34.5 Å². The van der Waals surface area contributed by atoms with Crippen LogP contribution >= 0.6 is 0 Å². The summed E-state index contributed by atoms with van der Waals surface area (Å²) in [5, 5.41) is 12.7. The van der Waals surface area contributed by atoms with Gasteiger partial charge in [0.1, 0.15) is 0 Å². The van der Waals surface area contributed by atoms with Crippen LogP contribution in [-0.2, 0) is 6.54 Å². The summed E-state index contributed by atoms with van der Waals surface area (Å²) in [7, 11) is 0. The molecule has 2 aliphatic rings. The molecule has 1 aromatic carbocycles. The standard InChI is InChI=1S/C15H22N2O/c18-11-13-7-8-17(10-13)15-5-1-12(2-6-15)9-16-14-3-4-14/h1-2,5-6,13-14,16,18H,3-4,7-11H2. The monoisotopic (exact) mass is 246 g/mol. The van der Waals surface area contributed by atoms with Crippen molar-refractivity contribution in [3.8, 4) is 0 Å². The highest BCUT2D eigenvalue weighted by atomic mass is 16.3. The van der Waals surface area contributed by atoms with Crippen molar-refractivity contribution in [3.05, 3.63) is 29.8 Å². The van der Waals surface area contributed by atoms with Crippen molar-refractivity contribution in [1.29, 1.82) is 0 Å². The van der Waals surface area contributed by atoms with Crippen molar-refractivity contribution in [3.63, 3.8) is 0 Å². The number of anilines is 1. The molecular weight excluding hydrogens is 224 g/mol. The van der Waals surface area contributed by atoms with Crippen LogP contribution in [0.4, 0.5) is 5.69 Å². The highest BCUT2D eigenvalue weighted by Crippen LogP contribution is 2.24. The molecule has 98 valence electrons. The Bertz CT molecular complexity index is 386. The molecule has 0 spiro atoms. The third-order valence-corrected chi connectivity index (χ3v) is 4.02. The van der Waals surface area contributed by atoms with E-state index in [0.717, 1.165) is 32.1 Å². The highest BCUT2D eigenvalue weighted by Gasteiger charge is 2.22. The maximum absolute atomic E-state index is 9.17. The molecule has 3 heteroatoms. The summed E-state index contributed by atoms with van der Waals surface area (Å²) in [6.07, 6.45) is 3.80. The van der Waals surface area contributed by atoms with Gasteiger partial charge < -0.3 is 15.3 Å². The van der Waals surface area contributed by atoms with E-state index in [-0.39, 0.29) is 0 Å². The van der Waals surface area contributed by atoms with Crippen molar-refractivity contribution in [2.75, 3.05) is 24.6 Å². The Balaban J connectivity index is 1.56. The molecule has 0 amide bonds.